The van der Waals surface area contributed by atoms with Gasteiger partial charge in [0.2, 0.25) is 0 Å². The Hall–Kier alpha value is -0.500. The summed E-state index contributed by atoms with van der Waals surface area (Å²) in [6.07, 6.45) is 6.42. The van der Waals surface area contributed by atoms with Crippen molar-refractivity contribution in [2.75, 3.05) is 23.3 Å². The van der Waals surface area contributed by atoms with E-state index in [-0.39, 0.29) is 0 Å². The average Bonchev–Trinajstić information content (AvgIpc) is 2.47. The van der Waals surface area contributed by atoms with Crippen LogP contribution in [0.4, 0.5) is 5.69 Å². The van der Waals surface area contributed by atoms with Gasteiger partial charge in [-0.25, -0.2) is 0 Å². The molecule has 1 nitrogen and oxygen atoms in total. The van der Waals surface area contributed by atoms with Gasteiger partial charge in [0.05, 0.1) is 0 Å². The van der Waals surface area contributed by atoms with Gasteiger partial charge in [-0.15, -0.1) is 0 Å². The molecule has 0 N–H and O–H groups in total. The second-order valence-corrected chi connectivity index (χ2v) is 7.51. The molecule has 1 aromatic rings. The molecule has 0 bridgehead atoms. The number of halogens is 1. The zero-order valence-electron chi connectivity index (χ0n) is 13.9. The quantitative estimate of drug-likeness (QED) is 0.572. The Bertz CT molecular complexity index is 437. The average molecular weight is 352 g/mol. The maximum absolute atomic E-state index is 3.83. The normalized spacial score (nSPS) is 18.7. The first-order chi connectivity index (χ1) is 10.1. The summed E-state index contributed by atoms with van der Waals surface area (Å²) < 4.78 is 0. The van der Waals surface area contributed by atoms with Crippen LogP contribution in [0.3, 0.4) is 0 Å². The Balaban J connectivity index is 2.24. The third kappa shape index (κ3) is 4.03. The lowest BCUT2D eigenvalue weighted by atomic mass is 9.79. The smallest absolute Gasteiger partial charge is 0.0399 e. The molecule has 1 unspecified atom stereocenters. The highest BCUT2D eigenvalue weighted by atomic mass is 79.9. The summed E-state index contributed by atoms with van der Waals surface area (Å²) in [5, 5.41) is 1.12. The molecule has 0 fully saturated rings. The van der Waals surface area contributed by atoms with Crippen molar-refractivity contribution in [1.29, 1.82) is 0 Å². The summed E-state index contributed by atoms with van der Waals surface area (Å²) in [6.45, 7) is 9.43. The molecule has 1 aromatic carbocycles. The van der Waals surface area contributed by atoms with E-state index < -0.39 is 0 Å². The van der Waals surface area contributed by atoms with E-state index in [0.29, 0.717) is 5.41 Å². The molecular formula is C19H30BrN. The molecule has 1 aliphatic heterocycles. The van der Waals surface area contributed by atoms with E-state index in [4.69, 9.17) is 0 Å². The van der Waals surface area contributed by atoms with Crippen molar-refractivity contribution in [1.82, 2.24) is 0 Å². The number of fused-ring (bicyclic) bond motifs is 1. The van der Waals surface area contributed by atoms with E-state index in [1.165, 1.54) is 56.4 Å². The van der Waals surface area contributed by atoms with Crippen molar-refractivity contribution in [3.63, 3.8) is 0 Å². The molecule has 1 heterocycles. The number of anilines is 1. The molecule has 2 rings (SSSR count). The van der Waals surface area contributed by atoms with Crippen LogP contribution in [0.15, 0.2) is 24.3 Å². The molecule has 21 heavy (non-hydrogen) atoms. The predicted molar refractivity (Wildman–Crippen MR) is 97.6 cm³/mol. The zero-order chi connectivity index (χ0) is 15.3. The molecule has 0 spiro atoms. The van der Waals surface area contributed by atoms with Crippen molar-refractivity contribution < 1.29 is 0 Å². The second kappa shape index (κ2) is 7.67. The van der Waals surface area contributed by atoms with Crippen molar-refractivity contribution in [3.8, 4) is 0 Å². The first-order valence-corrected chi connectivity index (χ1v) is 9.65. The Morgan fingerprint density at radius 3 is 2.48 bits per heavy atom. The highest BCUT2D eigenvalue weighted by Gasteiger charge is 2.32. The summed E-state index contributed by atoms with van der Waals surface area (Å²) in [7, 11) is 0. The third-order valence-electron chi connectivity index (χ3n) is 4.80. The van der Waals surface area contributed by atoms with E-state index in [1.54, 1.807) is 0 Å². The van der Waals surface area contributed by atoms with Gasteiger partial charge in [-0.1, -0.05) is 67.7 Å². The van der Waals surface area contributed by atoms with Gasteiger partial charge in [-0.2, -0.15) is 0 Å². The number of alkyl halides is 1. The van der Waals surface area contributed by atoms with Crippen molar-refractivity contribution in [2.45, 2.75) is 52.9 Å². The highest BCUT2D eigenvalue weighted by molar-refractivity contribution is 9.09. The van der Waals surface area contributed by atoms with Crippen LogP contribution in [0, 0.1) is 11.3 Å². The maximum atomic E-state index is 3.83. The molecule has 118 valence electrons. The minimum absolute atomic E-state index is 0.424. The summed E-state index contributed by atoms with van der Waals surface area (Å²) in [4.78, 5) is 2.66. The molecule has 0 saturated carbocycles. The first-order valence-electron chi connectivity index (χ1n) is 8.53. The number of hydrogen-bond acceptors (Lipinski definition) is 1. The fraction of sp³-hybridized carbons (Fsp3) is 0.684. The van der Waals surface area contributed by atoms with Crippen molar-refractivity contribution >= 4 is 21.6 Å². The van der Waals surface area contributed by atoms with Gasteiger partial charge in [-0.3, -0.25) is 0 Å². The number of rotatable bonds is 7. The van der Waals surface area contributed by atoms with Crippen molar-refractivity contribution in [3.05, 3.63) is 29.8 Å². The maximum Gasteiger partial charge on any atom is 0.0399 e. The second-order valence-electron chi connectivity index (χ2n) is 6.95. The standard InChI is InChI=1S/C19H30BrN/c1-4-10-19(14-20,11-5-2)15-21-13-16(3)12-17-8-6-7-9-18(17)21/h6-9,16H,4-5,10-15H2,1-3H3. The molecule has 0 aromatic heterocycles. The Labute approximate surface area is 139 Å². The molecular weight excluding hydrogens is 322 g/mol. The van der Waals surface area contributed by atoms with Crippen LogP contribution < -0.4 is 4.90 Å². The summed E-state index contributed by atoms with van der Waals surface area (Å²) in [5.41, 5.74) is 3.44. The molecule has 2 heteroatoms. The number of nitrogens with zero attached hydrogens (tertiary/aromatic N) is 1. The zero-order valence-corrected chi connectivity index (χ0v) is 15.5. The molecule has 0 aliphatic carbocycles. The minimum atomic E-state index is 0.424. The third-order valence-corrected chi connectivity index (χ3v) is 5.99. The Morgan fingerprint density at radius 2 is 1.86 bits per heavy atom. The van der Waals surface area contributed by atoms with E-state index in [9.17, 15) is 0 Å². The van der Waals surface area contributed by atoms with Crippen molar-refractivity contribution in [2.24, 2.45) is 11.3 Å². The fourth-order valence-electron chi connectivity index (χ4n) is 3.98. The van der Waals surface area contributed by atoms with Crippen LogP contribution >= 0.6 is 15.9 Å². The van der Waals surface area contributed by atoms with Gasteiger partial charge in [-0.05, 0) is 42.2 Å². The number of benzene rings is 1. The molecule has 0 saturated heterocycles. The van der Waals surface area contributed by atoms with Crippen LogP contribution in [0.2, 0.25) is 0 Å². The van der Waals surface area contributed by atoms with Crippen LogP contribution in [-0.2, 0) is 6.42 Å². The summed E-state index contributed by atoms with van der Waals surface area (Å²) >= 11 is 3.83. The monoisotopic (exact) mass is 351 g/mol. The topological polar surface area (TPSA) is 3.24 Å². The Kier molecular flexibility index (Phi) is 6.16. The SMILES string of the molecule is CCCC(CBr)(CCC)CN1CC(C)Cc2ccccc21. The van der Waals surface area contributed by atoms with E-state index in [1.807, 2.05) is 0 Å². The Morgan fingerprint density at radius 1 is 1.19 bits per heavy atom. The highest BCUT2D eigenvalue weighted by Crippen LogP contribution is 2.37. The lowest BCUT2D eigenvalue weighted by molar-refractivity contribution is 0.273. The fourth-order valence-corrected chi connectivity index (χ4v) is 4.72. The van der Waals surface area contributed by atoms with Crippen LogP contribution in [-0.4, -0.2) is 18.4 Å². The first kappa shape index (κ1) is 16.9. The van der Waals surface area contributed by atoms with Gasteiger partial charge in [0.25, 0.3) is 0 Å². The molecule has 0 amide bonds. The van der Waals surface area contributed by atoms with Gasteiger partial charge in [0.1, 0.15) is 0 Å². The van der Waals surface area contributed by atoms with E-state index >= 15 is 0 Å². The predicted octanol–water partition coefficient (Wildman–Crippen LogP) is 5.67. The van der Waals surface area contributed by atoms with Gasteiger partial charge in [0.15, 0.2) is 0 Å². The van der Waals surface area contributed by atoms with Gasteiger partial charge in [0, 0.05) is 24.1 Å². The van der Waals surface area contributed by atoms with Crippen LogP contribution in [0.1, 0.15) is 52.0 Å². The number of hydrogen-bond donors (Lipinski definition) is 0. The summed E-state index contributed by atoms with van der Waals surface area (Å²) in [6, 6.07) is 9.01. The van der Waals surface area contributed by atoms with E-state index in [0.717, 1.165) is 11.2 Å². The molecule has 1 atom stereocenters. The van der Waals surface area contributed by atoms with Gasteiger partial charge >= 0.3 is 0 Å². The minimum Gasteiger partial charge on any atom is -0.370 e. The molecule has 1 aliphatic rings. The van der Waals surface area contributed by atoms with Crippen LogP contribution in [0.25, 0.3) is 0 Å². The largest absolute Gasteiger partial charge is 0.370 e. The molecule has 0 radical (unpaired) electrons. The lowest BCUT2D eigenvalue weighted by Gasteiger charge is -2.42. The summed E-state index contributed by atoms with van der Waals surface area (Å²) in [5.74, 6) is 0.760. The van der Waals surface area contributed by atoms with Gasteiger partial charge < -0.3 is 4.90 Å². The number of para-hydroxylation sites is 1. The lowest BCUT2D eigenvalue weighted by Crippen LogP contribution is -2.43. The van der Waals surface area contributed by atoms with Crippen LogP contribution in [0.5, 0.6) is 0 Å². The van der Waals surface area contributed by atoms with E-state index in [2.05, 4.69) is 65.9 Å².